The zero-order valence-electron chi connectivity index (χ0n) is 14.5. The van der Waals surface area contributed by atoms with Crippen molar-refractivity contribution < 1.29 is 14.3 Å². The Balaban J connectivity index is 1.43. The largest absolute Gasteiger partial charge is 0.484 e. The number of halogens is 1. The smallest absolute Gasteiger partial charge is 0.271 e. The van der Waals surface area contributed by atoms with Gasteiger partial charge in [-0.05, 0) is 43.2 Å². The molecular weight excluding hydrogens is 372 g/mol. The van der Waals surface area contributed by atoms with Gasteiger partial charge < -0.3 is 15.0 Å². The van der Waals surface area contributed by atoms with Crippen LogP contribution in [0.4, 0.5) is 0 Å². The number of carbonyl (C=O) groups excluding carboxylic acids is 2. The summed E-state index contributed by atoms with van der Waals surface area (Å²) in [6.07, 6.45) is 1.28. The van der Waals surface area contributed by atoms with Gasteiger partial charge in [-0.25, -0.2) is 5.10 Å². The van der Waals surface area contributed by atoms with Crippen LogP contribution in [0.5, 0.6) is 5.75 Å². The number of hydrogen-bond donors (Lipinski definition) is 2. The van der Waals surface area contributed by atoms with E-state index in [0.29, 0.717) is 36.7 Å². The number of rotatable bonds is 5. The van der Waals surface area contributed by atoms with Gasteiger partial charge in [-0.3, -0.25) is 14.4 Å². The van der Waals surface area contributed by atoms with Crippen LogP contribution >= 0.6 is 11.6 Å². The monoisotopic (exact) mass is 390 g/mol. The van der Waals surface area contributed by atoms with Crippen LogP contribution in [0.15, 0.2) is 41.2 Å². The van der Waals surface area contributed by atoms with Gasteiger partial charge in [0.05, 0.1) is 0 Å². The molecule has 1 fully saturated rings. The predicted octanol–water partition coefficient (Wildman–Crippen LogP) is 1.22. The summed E-state index contributed by atoms with van der Waals surface area (Å²) in [6.45, 7) is 1.03. The zero-order valence-corrected chi connectivity index (χ0v) is 15.2. The van der Waals surface area contributed by atoms with Crippen LogP contribution in [0.3, 0.4) is 0 Å². The van der Waals surface area contributed by atoms with Crippen molar-refractivity contribution in [1.29, 1.82) is 0 Å². The van der Waals surface area contributed by atoms with E-state index in [4.69, 9.17) is 16.3 Å². The third-order valence-corrected chi connectivity index (χ3v) is 4.52. The molecule has 0 spiro atoms. The van der Waals surface area contributed by atoms with Crippen molar-refractivity contribution >= 4 is 23.4 Å². The Hall–Kier alpha value is -2.87. The van der Waals surface area contributed by atoms with Crippen LogP contribution in [0.25, 0.3) is 0 Å². The van der Waals surface area contributed by atoms with Crippen LogP contribution in [0, 0.1) is 0 Å². The lowest BCUT2D eigenvalue weighted by Crippen LogP contribution is -2.47. The molecule has 0 unspecified atom stereocenters. The molecular formula is C18H19ClN4O4. The Morgan fingerprint density at radius 3 is 2.52 bits per heavy atom. The summed E-state index contributed by atoms with van der Waals surface area (Å²) in [7, 11) is 0. The fourth-order valence-corrected chi connectivity index (χ4v) is 2.90. The van der Waals surface area contributed by atoms with Gasteiger partial charge in [-0.15, -0.1) is 0 Å². The normalized spacial score (nSPS) is 14.6. The lowest BCUT2D eigenvalue weighted by atomic mass is 10.0. The lowest BCUT2D eigenvalue weighted by Gasteiger charge is -2.32. The molecule has 1 aromatic heterocycles. The Bertz CT molecular complexity index is 840. The fraction of sp³-hybridized carbons (Fsp3) is 0.333. The average Bonchev–Trinajstić information content (AvgIpc) is 2.68. The maximum atomic E-state index is 12.3. The van der Waals surface area contributed by atoms with Gasteiger partial charge in [-0.1, -0.05) is 11.6 Å². The minimum absolute atomic E-state index is 0.0417. The van der Waals surface area contributed by atoms with Crippen LogP contribution in [0.1, 0.15) is 23.3 Å². The first-order valence-electron chi connectivity index (χ1n) is 8.54. The second-order valence-electron chi connectivity index (χ2n) is 6.18. The van der Waals surface area contributed by atoms with E-state index >= 15 is 0 Å². The minimum Gasteiger partial charge on any atom is -0.484 e. The first-order valence-corrected chi connectivity index (χ1v) is 8.92. The van der Waals surface area contributed by atoms with Crippen molar-refractivity contribution in [1.82, 2.24) is 20.4 Å². The third kappa shape index (κ3) is 5.30. The number of benzene rings is 1. The van der Waals surface area contributed by atoms with Gasteiger partial charge in [0.2, 0.25) is 0 Å². The summed E-state index contributed by atoms with van der Waals surface area (Å²) in [5.41, 5.74) is -0.205. The number of aromatic amines is 1. The highest BCUT2D eigenvalue weighted by atomic mass is 35.5. The van der Waals surface area contributed by atoms with E-state index in [0.717, 1.165) is 0 Å². The number of aromatic nitrogens is 2. The highest BCUT2D eigenvalue weighted by Crippen LogP contribution is 2.16. The number of ether oxygens (including phenoxy) is 1. The molecule has 2 N–H and O–H groups in total. The number of hydrogen-bond acceptors (Lipinski definition) is 5. The molecule has 1 aliphatic heterocycles. The maximum Gasteiger partial charge on any atom is 0.271 e. The highest BCUT2D eigenvalue weighted by molar-refractivity contribution is 6.30. The summed E-state index contributed by atoms with van der Waals surface area (Å²) in [5, 5.41) is 9.42. The Morgan fingerprint density at radius 1 is 1.19 bits per heavy atom. The number of piperidine rings is 1. The summed E-state index contributed by atoms with van der Waals surface area (Å²) in [6, 6.07) is 9.40. The Labute approximate surface area is 160 Å². The van der Waals surface area contributed by atoms with Crippen molar-refractivity contribution in [3.63, 3.8) is 0 Å². The first kappa shape index (κ1) is 18.9. The van der Waals surface area contributed by atoms with Crippen LogP contribution < -0.4 is 15.6 Å². The first-order chi connectivity index (χ1) is 13.0. The maximum absolute atomic E-state index is 12.3. The van der Waals surface area contributed by atoms with Crippen molar-refractivity contribution in [2.75, 3.05) is 19.7 Å². The van der Waals surface area contributed by atoms with Crippen molar-refractivity contribution in [3.05, 3.63) is 57.5 Å². The molecule has 1 aliphatic rings. The van der Waals surface area contributed by atoms with E-state index in [9.17, 15) is 14.4 Å². The molecule has 1 aromatic carbocycles. The number of carbonyl (C=O) groups is 2. The Kier molecular flexibility index (Phi) is 6.08. The number of nitrogens with one attached hydrogen (secondary N) is 2. The standard InChI is InChI=1S/C18H19ClN4O4/c19-12-1-3-14(4-2-12)27-11-17(25)23-9-7-13(8-10-23)20-18(26)15-5-6-16(24)22-21-15/h1-6,13H,7-11H2,(H,20,26)(H,22,24). The molecule has 2 aromatic rings. The van der Waals surface area contributed by atoms with Gasteiger partial charge in [-0.2, -0.15) is 5.10 Å². The van der Waals surface area contributed by atoms with Gasteiger partial charge in [0.1, 0.15) is 11.4 Å². The molecule has 142 valence electrons. The molecule has 0 bridgehead atoms. The average molecular weight is 391 g/mol. The number of nitrogens with zero attached hydrogens (tertiary/aromatic N) is 2. The van der Waals surface area contributed by atoms with Crippen LogP contribution in [-0.2, 0) is 4.79 Å². The lowest BCUT2D eigenvalue weighted by molar-refractivity contribution is -0.134. The van der Waals surface area contributed by atoms with Crippen molar-refractivity contribution in [2.24, 2.45) is 0 Å². The van der Waals surface area contributed by atoms with Gasteiger partial charge in [0.25, 0.3) is 17.4 Å². The molecule has 8 nitrogen and oxygen atoms in total. The molecule has 0 aliphatic carbocycles. The number of amides is 2. The molecule has 0 saturated carbocycles. The van der Waals surface area contributed by atoms with E-state index in [1.165, 1.54) is 12.1 Å². The molecule has 2 amide bonds. The van der Waals surface area contributed by atoms with Crippen molar-refractivity contribution in [2.45, 2.75) is 18.9 Å². The van der Waals surface area contributed by atoms with E-state index in [1.807, 2.05) is 0 Å². The van der Waals surface area contributed by atoms with Crippen LogP contribution in [-0.4, -0.2) is 52.6 Å². The van der Waals surface area contributed by atoms with Crippen molar-refractivity contribution in [3.8, 4) is 5.75 Å². The summed E-state index contributed by atoms with van der Waals surface area (Å²) < 4.78 is 5.48. The molecule has 3 rings (SSSR count). The van der Waals surface area contributed by atoms with E-state index in [-0.39, 0.29) is 35.7 Å². The molecule has 0 radical (unpaired) electrons. The third-order valence-electron chi connectivity index (χ3n) is 4.27. The second kappa shape index (κ2) is 8.68. The molecule has 9 heteroatoms. The fourth-order valence-electron chi connectivity index (χ4n) is 2.77. The van der Waals surface area contributed by atoms with Crippen LogP contribution in [0.2, 0.25) is 5.02 Å². The predicted molar refractivity (Wildman–Crippen MR) is 98.9 cm³/mol. The van der Waals surface area contributed by atoms with Gasteiger partial charge in [0.15, 0.2) is 6.61 Å². The summed E-state index contributed by atoms with van der Waals surface area (Å²) in [4.78, 5) is 37.1. The minimum atomic E-state index is -0.362. The molecule has 27 heavy (non-hydrogen) atoms. The molecule has 0 atom stereocenters. The zero-order chi connectivity index (χ0) is 19.2. The molecule has 1 saturated heterocycles. The van der Waals surface area contributed by atoms with Gasteiger partial charge >= 0.3 is 0 Å². The SMILES string of the molecule is O=C(NC1CCN(C(=O)COc2ccc(Cl)cc2)CC1)c1ccc(=O)[nH]n1. The summed E-state index contributed by atoms with van der Waals surface area (Å²) >= 11 is 5.81. The quantitative estimate of drug-likeness (QED) is 0.798. The van der Waals surface area contributed by atoms with Gasteiger partial charge in [0, 0.05) is 30.2 Å². The highest BCUT2D eigenvalue weighted by Gasteiger charge is 2.24. The topological polar surface area (TPSA) is 104 Å². The van der Waals surface area contributed by atoms with E-state index < -0.39 is 0 Å². The Morgan fingerprint density at radius 2 is 1.89 bits per heavy atom. The number of H-pyrrole nitrogens is 1. The molecule has 2 heterocycles. The van der Waals surface area contributed by atoms with E-state index in [2.05, 4.69) is 15.5 Å². The summed E-state index contributed by atoms with van der Waals surface area (Å²) in [5.74, 6) is 0.141. The number of likely N-dealkylation sites (tertiary alicyclic amines) is 1. The van der Waals surface area contributed by atoms with E-state index in [1.54, 1.807) is 29.2 Å². The second-order valence-corrected chi connectivity index (χ2v) is 6.61.